The highest BCUT2D eigenvalue weighted by atomic mass is 32.2. The minimum atomic E-state index is -0.169. The van der Waals surface area contributed by atoms with Crippen LogP contribution in [0.4, 0.5) is 5.82 Å². The number of aryl methyl sites for hydroxylation is 2. The van der Waals surface area contributed by atoms with Crippen molar-refractivity contribution in [1.29, 1.82) is 0 Å². The second-order valence-corrected chi connectivity index (χ2v) is 6.16. The normalized spacial score (nSPS) is 10.7. The maximum atomic E-state index is 12.0. The summed E-state index contributed by atoms with van der Waals surface area (Å²) >= 11 is 1.18. The first-order chi connectivity index (χ1) is 12.0. The van der Waals surface area contributed by atoms with Gasteiger partial charge in [-0.3, -0.25) is 9.48 Å². The number of thioether (sulfide) groups is 1. The lowest BCUT2D eigenvalue weighted by atomic mass is 10.2. The van der Waals surface area contributed by atoms with E-state index in [4.69, 9.17) is 9.15 Å². The Morgan fingerprint density at radius 3 is 2.72 bits per heavy atom. The van der Waals surface area contributed by atoms with Crippen molar-refractivity contribution in [2.75, 3.05) is 18.2 Å². The van der Waals surface area contributed by atoms with E-state index >= 15 is 0 Å². The number of ether oxygens (including phenoxy) is 1. The highest BCUT2D eigenvalue weighted by molar-refractivity contribution is 7.99. The molecule has 3 aromatic rings. The number of aromatic nitrogens is 4. The van der Waals surface area contributed by atoms with Gasteiger partial charge in [-0.05, 0) is 31.2 Å². The quantitative estimate of drug-likeness (QED) is 0.676. The number of hydrogen-bond acceptors (Lipinski definition) is 7. The molecule has 1 amide bonds. The molecule has 3 rings (SSSR count). The number of amides is 1. The van der Waals surface area contributed by atoms with Gasteiger partial charge in [0, 0.05) is 18.7 Å². The number of nitrogens with zero attached hydrogens (tertiary/aromatic N) is 4. The molecular weight excluding hydrogens is 342 g/mol. The molecule has 0 aliphatic rings. The molecule has 1 aromatic carbocycles. The zero-order chi connectivity index (χ0) is 17.8. The van der Waals surface area contributed by atoms with E-state index < -0.39 is 0 Å². The third-order valence-corrected chi connectivity index (χ3v) is 4.16. The lowest BCUT2D eigenvalue weighted by Gasteiger charge is -2.03. The third-order valence-electron chi connectivity index (χ3n) is 3.34. The second-order valence-electron chi connectivity index (χ2n) is 5.23. The number of methoxy groups -OCH3 is 1. The summed E-state index contributed by atoms with van der Waals surface area (Å²) in [5.41, 5.74) is 1.63. The van der Waals surface area contributed by atoms with Crippen molar-refractivity contribution in [2.24, 2.45) is 7.05 Å². The average Bonchev–Trinajstić information content (AvgIpc) is 3.20. The van der Waals surface area contributed by atoms with Crippen LogP contribution in [0, 0.1) is 6.92 Å². The van der Waals surface area contributed by atoms with E-state index in [0.717, 1.165) is 17.0 Å². The van der Waals surface area contributed by atoms with E-state index in [0.29, 0.717) is 16.9 Å². The largest absolute Gasteiger partial charge is 0.497 e. The summed E-state index contributed by atoms with van der Waals surface area (Å²) in [4.78, 5) is 12.0. The van der Waals surface area contributed by atoms with E-state index in [2.05, 4.69) is 20.6 Å². The van der Waals surface area contributed by atoms with Gasteiger partial charge in [-0.15, -0.1) is 10.2 Å². The Hall–Kier alpha value is -2.81. The summed E-state index contributed by atoms with van der Waals surface area (Å²) in [6.45, 7) is 1.86. The third kappa shape index (κ3) is 4.18. The van der Waals surface area contributed by atoms with Crippen LogP contribution in [0.25, 0.3) is 11.5 Å². The molecule has 1 N–H and O–H groups in total. The molecule has 0 aliphatic heterocycles. The van der Waals surface area contributed by atoms with E-state index in [-0.39, 0.29) is 11.7 Å². The minimum Gasteiger partial charge on any atom is -0.497 e. The van der Waals surface area contributed by atoms with Crippen LogP contribution in [0.1, 0.15) is 5.69 Å². The summed E-state index contributed by atoms with van der Waals surface area (Å²) in [6, 6.07) is 9.10. The molecule has 8 nitrogen and oxygen atoms in total. The molecule has 2 aromatic heterocycles. The van der Waals surface area contributed by atoms with Gasteiger partial charge in [0.25, 0.3) is 5.22 Å². The van der Waals surface area contributed by atoms with Gasteiger partial charge >= 0.3 is 0 Å². The fraction of sp³-hybridized carbons (Fsp3) is 0.250. The Labute approximate surface area is 148 Å². The fourth-order valence-corrected chi connectivity index (χ4v) is 2.72. The molecule has 0 saturated heterocycles. The van der Waals surface area contributed by atoms with Crippen molar-refractivity contribution in [1.82, 2.24) is 20.0 Å². The number of carbonyl (C=O) groups is 1. The number of rotatable bonds is 6. The Morgan fingerprint density at radius 1 is 1.32 bits per heavy atom. The molecule has 0 spiro atoms. The Bertz CT molecular complexity index is 872. The smallest absolute Gasteiger partial charge is 0.277 e. The van der Waals surface area contributed by atoms with Crippen molar-refractivity contribution in [3.05, 3.63) is 36.0 Å². The predicted molar refractivity (Wildman–Crippen MR) is 93.6 cm³/mol. The van der Waals surface area contributed by atoms with Crippen LogP contribution < -0.4 is 10.1 Å². The topological polar surface area (TPSA) is 95.1 Å². The summed E-state index contributed by atoms with van der Waals surface area (Å²) in [5.74, 6) is 1.78. The van der Waals surface area contributed by atoms with Gasteiger partial charge in [0.2, 0.25) is 11.8 Å². The molecule has 0 fully saturated rings. The molecule has 0 atom stereocenters. The van der Waals surface area contributed by atoms with Gasteiger partial charge in [0.05, 0.1) is 18.6 Å². The average molecular weight is 359 g/mol. The van der Waals surface area contributed by atoms with Crippen molar-refractivity contribution >= 4 is 23.5 Å². The Kier molecular flexibility index (Phi) is 5.03. The van der Waals surface area contributed by atoms with Gasteiger partial charge in [0.1, 0.15) is 11.6 Å². The number of hydrogen-bond donors (Lipinski definition) is 1. The standard InChI is InChI=1S/C16H17N5O3S/c1-10-8-13(21(2)20-10)17-14(22)9-25-16-19-18-15(24-16)11-4-6-12(23-3)7-5-11/h4-8H,9H2,1-3H3,(H,17,22). The first-order valence-corrected chi connectivity index (χ1v) is 8.45. The molecule has 0 saturated carbocycles. The monoisotopic (exact) mass is 359 g/mol. The first kappa shape index (κ1) is 17.0. The summed E-state index contributed by atoms with van der Waals surface area (Å²) in [6.07, 6.45) is 0. The van der Waals surface area contributed by atoms with Crippen LogP contribution in [0.15, 0.2) is 40.0 Å². The number of anilines is 1. The minimum absolute atomic E-state index is 0.161. The summed E-state index contributed by atoms with van der Waals surface area (Å²) < 4.78 is 12.3. The van der Waals surface area contributed by atoms with Crippen LogP contribution in [-0.4, -0.2) is 38.7 Å². The molecule has 0 unspecified atom stereocenters. The first-order valence-electron chi connectivity index (χ1n) is 7.46. The molecule has 0 aliphatic carbocycles. The van der Waals surface area contributed by atoms with Crippen LogP contribution in [0.5, 0.6) is 5.75 Å². The van der Waals surface area contributed by atoms with Gasteiger partial charge in [-0.25, -0.2) is 0 Å². The lowest BCUT2D eigenvalue weighted by Crippen LogP contribution is -2.16. The molecule has 9 heteroatoms. The van der Waals surface area contributed by atoms with Gasteiger partial charge in [-0.2, -0.15) is 5.10 Å². The summed E-state index contributed by atoms with van der Waals surface area (Å²) in [7, 11) is 3.38. The van der Waals surface area contributed by atoms with Crippen molar-refractivity contribution < 1.29 is 13.9 Å². The van der Waals surface area contributed by atoms with E-state index in [1.54, 1.807) is 24.9 Å². The number of carbonyl (C=O) groups excluding carboxylic acids is 1. The molecule has 130 valence electrons. The van der Waals surface area contributed by atoms with E-state index in [9.17, 15) is 4.79 Å². The molecule has 25 heavy (non-hydrogen) atoms. The fourth-order valence-electron chi connectivity index (χ4n) is 2.15. The van der Waals surface area contributed by atoms with Crippen LogP contribution in [0.2, 0.25) is 0 Å². The highest BCUT2D eigenvalue weighted by Crippen LogP contribution is 2.25. The zero-order valence-corrected chi connectivity index (χ0v) is 14.8. The number of nitrogens with one attached hydrogen (secondary N) is 1. The highest BCUT2D eigenvalue weighted by Gasteiger charge is 2.12. The Balaban J connectivity index is 1.57. The van der Waals surface area contributed by atoms with Crippen LogP contribution in [-0.2, 0) is 11.8 Å². The van der Waals surface area contributed by atoms with Crippen molar-refractivity contribution in [3.8, 4) is 17.2 Å². The molecule has 0 bridgehead atoms. The zero-order valence-electron chi connectivity index (χ0n) is 14.0. The lowest BCUT2D eigenvalue weighted by molar-refractivity contribution is -0.113. The van der Waals surface area contributed by atoms with E-state index in [1.165, 1.54) is 11.8 Å². The van der Waals surface area contributed by atoms with Crippen LogP contribution >= 0.6 is 11.8 Å². The molecule has 2 heterocycles. The second kappa shape index (κ2) is 7.39. The molecule has 0 radical (unpaired) electrons. The number of benzene rings is 1. The van der Waals surface area contributed by atoms with Gasteiger partial charge in [-0.1, -0.05) is 11.8 Å². The maximum absolute atomic E-state index is 12.0. The van der Waals surface area contributed by atoms with Crippen molar-refractivity contribution in [2.45, 2.75) is 12.1 Å². The van der Waals surface area contributed by atoms with Gasteiger partial charge in [0.15, 0.2) is 0 Å². The van der Waals surface area contributed by atoms with Crippen LogP contribution in [0.3, 0.4) is 0 Å². The van der Waals surface area contributed by atoms with Gasteiger partial charge < -0.3 is 14.5 Å². The summed E-state index contributed by atoms with van der Waals surface area (Å²) in [5, 5.41) is 15.3. The van der Waals surface area contributed by atoms with E-state index in [1.807, 2.05) is 31.2 Å². The Morgan fingerprint density at radius 2 is 2.08 bits per heavy atom. The predicted octanol–water partition coefficient (Wildman–Crippen LogP) is 2.52. The maximum Gasteiger partial charge on any atom is 0.277 e. The molecular formula is C16H17N5O3S. The SMILES string of the molecule is COc1ccc(-c2nnc(SCC(=O)Nc3cc(C)nn3C)o2)cc1. The van der Waals surface area contributed by atoms with Crippen molar-refractivity contribution in [3.63, 3.8) is 0 Å².